The molecule has 0 saturated carbocycles. The molecule has 0 fully saturated rings. The lowest BCUT2D eigenvalue weighted by molar-refractivity contribution is -0.115. The number of nitrogens with one attached hydrogen (secondary N) is 1. The Labute approximate surface area is 202 Å². The Morgan fingerprint density at radius 2 is 1.84 bits per heavy atom. The lowest BCUT2D eigenvalue weighted by Gasteiger charge is -2.21. The van der Waals surface area contributed by atoms with Gasteiger partial charge in [-0.3, -0.25) is 4.79 Å². The molecule has 0 spiro atoms. The number of halogens is 2. The normalized spacial score (nSPS) is 11.9. The van der Waals surface area contributed by atoms with Crippen molar-refractivity contribution in [1.29, 1.82) is 0 Å². The molecule has 0 aliphatic carbocycles. The van der Waals surface area contributed by atoms with Crippen LogP contribution in [0.3, 0.4) is 0 Å². The topological polar surface area (TPSA) is 75.9 Å². The molecule has 2 aromatic heterocycles. The average molecular weight is 493 g/mol. The Bertz CT molecular complexity index is 1070. The molecule has 1 N–H and O–H groups in total. The molecule has 3 rings (SSSR count). The summed E-state index contributed by atoms with van der Waals surface area (Å²) in [6, 6.07) is 9.85. The summed E-state index contributed by atoms with van der Waals surface area (Å²) in [7, 11) is 0. The van der Waals surface area contributed by atoms with E-state index in [1.165, 1.54) is 29.7 Å². The van der Waals surface area contributed by atoms with Crippen LogP contribution >= 0.6 is 35.0 Å². The highest BCUT2D eigenvalue weighted by molar-refractivity contribution is 8.00. The number of thioether (sulfide) groups is 1. The second kappa shape index (κ2) is 11.0. The number of hydrogen-bond acceptors (Lipinski definition) is 6. The third-order valence-electron chi connectivity index (χ3n) is 4.99. The van der Waals surface area contributed by atoms with Crippen molar-refractivity contribution in [3.05, 3.63) is 46.6 Å². The highest BCUT2D eigenvalue weighted by Gasteiger charge is 2.21. The van der Waals surface area contributed by atoms with E-state index in [1.807, 2.05) is 11.5 Å². The summed E-state index contributed by atoms with van der Waals surface area (Å²) in [6.45, 7) is 10.7. The van der Waals surface area contributed by atoms with Crippen molar-refractivity contribution in [2.45, 2.75) is 44.6 Å². The highest BCUT2D eigenvalue weighted by atomic mass is 35.5. The van der Waals surface area contributed by atoms with Crippen LogP contribution in [-0.4, -0.2) is 44.0 Å². The van der Waals surface area contributed by atoms with Gasteiger partial charge in [-0.15, -0.1) is 10.2 Å². The molecular weight excluding hydrogens is 467 g/mol. The maximum atomic E-state index is 12.7. The van der Waals surface area contributed by atoms with E-state index in [0.717, 1.165) is 24.5 Å². The monoisotopic (exact) mass is 492 g/mol. The van der Waals surface area contributed by atoms with E-state index in [1.54, 1.807) is 6.92 Å². The maximum absolute atomic E-state index is 12.7. The van der Waals surface area contributed by atoms with E-state index in [0.29, 0.717) is 16.7 Å². The minimum atomic E-state index is -0.434. The molecule has 3 aromatic rings. The summed E-state index contributed by atoms with van der Waals surface area (Å²) in [4.78, 5) is 19.0. The lowest BCUT2D eigenvalue weighted by Crippen LogP contribution is -2.23. The van der Waals surface area contributed by atoms with Crippen molar-refractivity contribution in [1.82, 2.24) is 19.7 Å². The summed E-state index contributed by atoms with van der Waals surface area (Å²) >= 11 is 13.3. The molecule has 0 aliphatic heterocycles. The molecule has 32 heavy (non-hydrogen) atoms. The molecule has 2 heterocycles. The molecule has 10 heteroatoms. The Kier molecular flexibility index (Phi) is 8.39. The minimum Gasteiger partial charge on any atom is -0.372 e. The van der Waals surface area contributed by atoms with Gasteiger partial charge in [0.25, 0.3) is 0 Å². The van der Waals surface area contributed by atoms with Crippen LogP contribution in [0.5, 0.6) is 0 Å². The predicted octanol–water partition coefficient (Wildman–Crippen LogP) is 5.63. The van der Waals surface area contributed by atoms with Crippen molar-refractivity contribution in [3.8, 4) is 11.4 Å². The fourth-order valence-electron chi connectivity index (χ4n) is 3.22. The molecule has 0 radical (unpaired) electrons. The van der Waals surface area contributed by atoms with Crippen LogP contribution in [0.15, 0.2) is 41.7 Å². The van der Waals surface area contributed by atoms with Crippen LogP contribution in [0.1, 0.15) is 27.7 Å². The van der Waals surface area contributed by atoms with E-state index < -0.39 is 5.25 Å². The van der Waals surface area contributed by atoms with Gasteiger partial charge in [0.2, 0.25) is 5.91 Å². The number of pyridine rings is 1. The summed E-state index contributed by atoms with van der Waals surface area (Å²) in [5, 5.41) is 12.4. The van der Waals surface area contributed by atoms with Gasteiger partial charge in [0.1, 0.15) is 0 Å². The number of aromatic nitrogens is 4. The molecule has 0 saturated heterocycles. The third-order valence-corrected chi connectivity index (χ3v) is 6.56. The number of carbonyl (C=O) groups excluding carboxylic acids is 1. The van der Waals surface area contributed by atoms with Crippen LogP contribution in [0.4, 0.5) is 11.5 Å². The molecule has 7 nitrogen and oxygen atoms in total. The Balaban J connectivity index is 1.75. The van der Waals surface area contributed by atoms with E-state index in [9.17, 15) is 4.79 Å². The van der Waals surface area contributed by atoms with Gasteiger partial charge in [-0.1, -0.05) is 35.0 Å². The SMILES string of the molecule is CCN(CC)c1ccc(-c2nnc(SC(C)C(=O)Nc3ncc(Cl)cc3Cl)n2CC)cc1. The molecule has 1 aromatic carbocycles. The van der Waals surface area contributed by atoms with Crippen molar-refractivity contribution in [3.63, 3.8) is 0 Å². The summed E-state index contributed by atoms with van der Waals surface area (Å²) in [6.07, 6.45) is 1.44. The molecule has 170 valence electrons. The van der Waals surface area contributed by atoms with Gasteiger partial charge >= 0.3 is 0 Å². The van der Waals surface area contributed by atoms with Crippen molar-refractivity contribution < 1.29 is 4.79 Å². The number of anilines is 2. The molecule has 1 unspecified atom stereocenters. The van der Waals surface area contributed by atoms with E-state index >= 15 is 0 Å². The van der Waals surface area contributed by atoms with Gasteiger partial charge in [0.05, 0.1) is 15.3 Å². The molecular formula is C22H26Cl2N6OS. The average Bonchev–Trinajstić information content (AvgIpc) is 3.19. The molecule has 0 bridgehead atoms. The molecule has 1 atom stereocenters. The first-order chi connectivity index (χ1) is 15.4. The smallest absolute Gasteiger partial charge is 0.238 e. The van der Waals surface area contributed by atoms with Gasteiger partial charge in [0, 0.05) is 37.1 Å². The molecule has 1 amide bonds. The fourth-order valence-corrected chi connectivity index (χ4v) is 4.56. The fraction of sp³-hybridized carbons (Fsp3) is 0.364. The van der Waals surface area contributed by atoms with E-state index in [4.69, 9.17) is 23.2 Å². The van der Waals surface area contributed by atoms with Crippen LogP contribution < -0.4 is 10.2 Å². The number of nitrogens with zero attached hydrogens (tertiary/aromatic N) is 5. The summed E-state index contributed by atoms with van der Waals surface area (Å²) < 4.78 is 2.01. The van der Waals surface area contributed by atoms with Gasteiger partial charge in [-0.25, -0.2) is 4.98 Å². The van der Waals surface area contributed by atoms with E-state index in [2.05, 4.69) is 63.5 Å². The lowest BCUT2D eigenvalue weighted by atomic mass is 10.2. The van der Waals surface area contributed by atoms with Gasteiger partial charge < -0.3 is 14.8 Å². The number of carbonyl (C=O) groups is 1. The second-order valence-corrected chi connectivity index (χ2v) is 9.15. The first kappa shape index (κ1) is 24.4. The maximum Gasteiger partial charge on any atom is 0.238 e. The van der Waals surface area contributed by atoms with Crippen molar-refractivity contribution in [2.75, 3.05) is 23.3 Å². The number of amides is 1. The van der Waals surface area contributed by atoms with Crippen molar-refractivity contribution in [2.24, 2.45) is 0 Å². The predicted molar refractivity (Wildman–Crippen MR) is 133 cm³/mol. The largest absolute Gasteiger partial charge is 0.372 e. The third kappa shape index (κ3) is 5.54. The van der Waals surface area contributed by atoms with Gasteiger partial charge in [0.15, 0.2) is 16.8 Å². The number of rotatable bonds is 9. The first-order valence-electron chi connectivity index (χ1n) is 10.4. The van der Waals surface area contributed by atoms with Crippen LogP contribution in [0.25, 0.3) is 11.4 Å². The minimum absolute atomic E-state index is 0.234. The standard InChI is InChI=1S/C22H26Cl2N6OS/c1-5-29(6-2)17-10-8-15(9-11-17)20-27-28-22(30(20)7-3)32-14(4)21(31)26-19-18(24)12-16(23)13-25-19/h8-14H,5-7H2,1-4H3,(H,25,26,31). The molecule has 0 aliphatic rings. The number of hydrogen-bond donors (Lipinski definition) is 1. The first-order valence-corrected chi connectivity index (χ1v) is 12.1. The second-order valence-electron chi connectivity index (χ2n) is 7.00. The Hall–Kier alpha value is -2.29. The highest BCUT2D eigenvalue weighted by Crippen LogP contribution is 2.29. The zero-order chi connectivity index (χ0) is 23.3. The van der Waals surface area contributed by atoms with Gasteiger partial charge in [-0.2, -0.15) is 0 Å². The number of benzene rings is 1. The zero-order valence-electron chi connectivity index (χ0n) is 18.5. The van der Waals surface area contributed by atoms with E-state index in [-0.39, 0.29) is 16.7 Å². The summed E-state index contributed by atoms with van der Waals surface area (Å²) in [5.74, 6) is 0.818. The Morgan fingerprint density at radius 3 is 2.44 bits per heavy atom. The van der Waals surface area contributed by atoms with Crippen LogP contribution in [-0.2, 0) is 11.3 Å². The zero-order valence-corrected chi connectivity index (χ0v) is 20.8. The van der Waals surface area contributed by atoms with Crippen molar-refractivity contribution >= 4 is 52.4 Å². The van der Waals surface area contributed by atoms with Crippen LogP contribution in [0.2, 0.25) is 10.0 Å². The Morgan fingerprint density at radius 1 is 1.16 bits per heavy atom. The summed E-state index contributed by atoms with van der Waals surface area (Å²) in [5.41, 5.74) is 2.16. The quantitative estimate of drug-likeness (QED) is 0.390. The van der Waals surface area contributed by atoms with Gasteiger partial charge in [-0.05, 0) is 58.0 Å². The van der Waals surface area contributed by atoms with Crippen LogP contribution in [0, 0.1) is 0 Å².